The quantitative estimate of drug-likeness (QED) is 0.449. The Balaban J connectivity index is 1.54. The zero-order valence-electron chi connectivity index (χ0n) is 21.6. The molecule has 4 saturated carbocycles. The molecule has 1 nitrogen and oxygen atoms in total. The Bertz CT molecular complexity index is 716. The minimum Gasteiger partial charge on any atom is -0.393 e. The SMILES string of the molecule is CC=C(C(C)C)C(C)C=C(C)C1CCC2C3CCC4CC(O)CCC4(C)C3CCC12C. The smallest absolute Gasteiger partial charge is 0.0543 e. The molecule has 0 aromatic carbocycles. The predicted molar refractivity (Wildman–Crippen MR) is 133 cm³/mol. The molecular formula is C30H50O. The van der Waals surface area contributed by atoms with Crippen LogP contribution in [0.4, 0.5) is 0 Å². The van der Waals surface area contributed by atoms with Gasteiger partial charge in [0.25, 0.3) is 0 Å². The van der Waals surface area contributed by atoms with Crippen LogP contribution >= 0.6 is 0 Å². The van der Waals surface area contributed by atoms with Crippen molar-refractivity contribution in [2.24, 2.45) is 52.3 Å². The number of rotatable bonds is 4. The maximum atomic E-state index is 10.3. The van der Waals surface area contributed by atoms with E-state index in [0.717, 1.165) is 42.4 Å². The molecule has 9 atom stereocenters. The van der Waals surface area contributed by atoms with E-state index >= 15 is 0 Å². The maximum Gasteiger partial charge on any atom is 0.0543 e. The lowest BCUT2D eigenvalue weighted by molar-refractivity contribution is -0.124. The number of hydrogen-bond acceptors (Lipinski definition) is 1. The van der Waals surface area contributed by atoms with Crippen molar-refractivity contribution in [2.75, 3.05) is 0 Å². The van der Waals surface area contributed by atoms with E-state index in [1.54, 1.807) is 11.1 Å². The van der Waals surface area contributed by atoms with Crippen molar-refractivity contribution >= 4 is 0 Å². The molecule has 0 amide bonds. The number of aliphatic hydroxyl groups is 1. The minimum absolute atomic E-state index is 0.0259. The molecule has 4 aliphatic carbocycles. The van der Waals surface area contributed by atoms with E-state index in [1.807, 2.05) is 0 Å². The lowest BCUT2D eigenvalue weighted by Gasteiger charge is -2.61. The molecule has 1 N–H and O–H groups in total. The van der Waals surface area contributed by atoms with E-state index < -0.39 is 0 Å². The standard InChI is InChI=1S/C30H50O/c1-8-24(19(2)3)20(4)17-21(5)26-11-12-27-25-10-9-22-18-23(31)13-15-29(22,6)28(25)14-16-30(26,27)7/h8,17,19-20,22-23,25-28,31H,9-16,18H2,1-7H3. The molecule has 0 bridgehead atoms. The van der Waals surface area contributed by atoms with Crippen molar-refractivity contribution in [3.63, 3.8) is 0 Å². The largest absolute Gasteiger partial charge is 0.393 e. The summed E-state index contributed by atoms with van der Waals surface area (Å²) in [6.45, 7) is 17.0. The average molecular weight is 427 g/mol. The fraction of sp³-hybridized carbons (Fsp3) is 0.867. The lowest BCUT2D eigenvalue weighted by atomic mass is 9.44. The van der Waals surface area contributed by atoms with Crippen LogP contribution in [-0.4, -0.2) is 11.2 Å². The topological polar surface area (TPSA) is 20.2 Å². The highest BCUT2D eigenvalue weighted by atomic mass is 16.3. The Kier molecular flexibility index (Phi) is 6.59. The molecule has 0 radical (unpaired) electrons. The fourth-order valence-corrected chi connectivity index (χ4v) is 9.71. The molecule has 4 fully saturated rings. The summed E-state index contributed by atoms with van der Waals surface area (Å²) in [6.07, 6.45) is 16.9. The van der Waals surface area contributed by atoms with Gasteiger partial charge < -0.3 is 5.11 Å². The zero-order valence-corrected chi connectivity index (χ0v) is 21.6. The van der Waals surface area contributed by atoms with Crippen LogP contribution in [0, 0.1) is 52.3 Å². The second kappa shape index (κ2) is 8.66. The number of fused-ring (bicyclic) bond motifs is 5. The Morgan fingerprint density at radius 1 is 0.903 bits per heavy atom. The molecule has 4 rings (SSSR count). The first-order chi connectivity index (χ1) is 14.6. The van der Waals surface area contributed by atoms with Crippen LogP contribution < -0.4 is 0 Å². The lowest BCUT2D eigenvalue weighted by Crippen LogP contribution is -2.54. The molecule has 31 heavy (non-hydrogen) atoms. The van der Waals surface area contributed by atoms with E-state index in [0.29, 0.717) is 22.7 Å². The third-order valence-electron chi connectivity index (χ3n) is 11.2. The monoisotopic (exact) mass is 426 g/mol. The summed E-state index contributed by atoms with van der Waals surface area (Å²) < 4.78 is 0. The van der Waals surface area contributed by atoms with Gasteiger partial charge >= 0.3 is 0 Å². The Morgan fingerprint density at radius 3 is 2.26 bits per heavy atom. The van der Waals surface area contributed by atoms with Gasteiger partial charge in [-0.2, -0.15) is 0 Å². The van der Waals surface area contributed by atoms with Crippen LogP contribution in [0.1, 0.15) is 106 Å². The van der Waals surface area contributed by atoms with Crippen LogP contribution in [0.5, 0.6) is 0 Å². The Labute approximate surface area is 193 Å². The normalized spacial score (nSPS) is 47.0. The van der Waals surface area contributed by atoms with Crippen molar-refractivity contribution in [3.05, 3.63) is 23.3 Å². The molecule has 1 heteroatoms. The first kappa shape index (κ1) is 23.6. The van der Waals surface area contributed by atoms with Crippen LogP contribution in [-0.2, 0) is 0 Å². The molecule has 0 aliphatic heterocycles. The van der Waals surface area contributed by atoms with Crippen LogP contribution in [0.15, 0.2) is 23.3 Å². The summed E-state index contributed by atoms with van der Waals surface area (Å²) in [6, 6.07) is 0. The first-order valence-corrected chi connectivity index (χ1v) is 13.6. The van der Waals surface area contributed by atoms with Crippen LogP contribution in [0.3, 0.4) is 0 Å². The molecule has 176 valence electrons. The van der Waals surface area contributed by atoms with E-state index in [1.165, 1.54) is 44.9 Å². The number of aliphatic hydroxyl groups excluding tert-OH is 1. The average Bonchev–Trinajstić information content (AvgIpc) is 3.06. The highest BCUT2D eigenvalue weighted by Crippen LogP contribution is 2.68. The second-order valence-electron chi connectivity index (χ2n) is 12.9. The van der Waals surface area contributed by atoms with Crippen LogP contribution in [0.2, 0.25) is 0 Å². The van der Waals surface area contributed by atoms with Gasteiger partial charge in [-0.25, -0.2) is 0 Å². The highest BCUT2D eigenvalue weighted by Gasteiger charge is 2.60. The van der Waals surface area contributed by atoms with Gasteiger partial charge in [-0.05, 0) is 124 Å². The van der Waals surface area contributed by atoms with Gasteiger partial charge in [0.15, 0.2) is 0 Å². The summed E-state index contributed by atoms with van der Waals surface area (Å²) in [7, 11) is 0. The third kappa shape index (κ3) is 3.89. The maximum absolute atomic E-state index is 10.3. The molecule has 4 aliphatic rings. The van der Waals surface area contributed by atoms with Crippen molar-refractivity contribution in [1.82, 2.24) is 0 Å². The summed E-state index contributed by atoms with van der Waals surface area (Å²) in [5.74, 6) is 5.53. The summed E-state index contributed by atoms with van der Waals surface area (Å²) >= 11 is 0. The molecule has 0 aromatic rings. The third-order valence-corrected chi connectivity index (χ3v) is 11.2. The molecule has 0 saturated heterocycles. The molecular weight excluding hydrogens is 376 g/mol. The minimum atomic E-state index is -0.0259. The van der Waals surface area contributed by atoms with Crippen molar-refractivity contribution in [1.29, 1.82) is 0 Å². The highest BCUT2D eigenvalue weighted by molar-refractivity contribution is 5.22. The summed E-state index contributed by atoms with van der Waals surface area (Å²) in [5, 5.41) is 10.3. The molecule has 0 heterocycles. The van der Waals surface area contributed by atoms with Crippen molar-refractivity contribution < 1.29 is 5.11 Å². The first-order valence-electron chi connectivity index (χ1n) is 13.6. The summed E-state index contributed by atoms with van der Waals surface area (Å²) in [4.78, 5) is 0. The Hall–Kier alpha value is -0.560. The van der Waals surface area contributed by atoms with Gasteiger partial charge in [0, 0.05) is 0 Å². The van der Waals surface area contributed by atoms with E-state index in [4.69, 9.17) is 0 Å². The molecule has 9 unspecified atom stereocenters. The number of allylic oxidation sites excluding steroid dienone is 4. The van der Waals surface area contributed by atoms with Gasteiger partial charge in [-0.3, -0.25) is 0 Å². The van der Waals surface area contributed by atoms with Crippen molar-refractivity contribution in [2.45, 2.75) is 112 Å². The van der Waals surface area contributed by atoms with Crippen LogP contribution in [0.25, 0.3) is 0 Å². The fourth-order valence-electron chi connectivity index (χ4n) is 9.71. The zero-order chi connectivity index (χ0) is 22.6. The Morgan fingerprint density at radius 2 is 1.58 bits per heavy atom. The van der Waals surface area contributed by atoms with Gasteiger partial charge in [-0.1, -0.05) is 57.9 Å². The molecule has 0 spiro atoms. The van der Waals surface area contributed by atoms with Crippen molar-refractivity contribution in [3.8, 4) is 0 Å². The van der Waals surface area contributed by atoms with Gasteiger partial charge in [-0.15, -0.1) is 0 Å². The van der Waals surface area contributed by atoms with E-state index in [9.17, 15) is 5.11 Å². The predicted octanol–water partition coefficient (Wildman–Crippen LogP) is 8.19. The van der Waals surface area contributed by atoms with Gasteiger partial charge in [0.05, 0.1) is 6.10 Å². The number of hydrogen-bond donors (Lipinski definition) is 1. The van der Waals surface area contributed by atoms with E-state index in [2.05, 4.69) is 60.6 Å². The van der Waals surface area contributed by atoms with Gasteiger partial charge in [0.2, 0.25) is 0 Å². The summed E-state index contributed by atoms with van der Waals surface area (Å²) in [5.41, 5.74) is 4.27. The van der Waals surface area contributed by atoms with Gasteiger partial charge in [0.1, 0.15) is 0 Å². The van der Waals surface area contributed by atoms with E-state index in [-0.39, 0.29) is 6.10 Å². The molecule has 0 aromatic heterocycles. The second-order valence-corrected chi connectivity index (χ2v) is 12.9.